The van der Waals surface area contributed by atoms with Crippen LogP contribution in [0.3, 0.4) is 0 Å². The molecule has 0 spiro atoms. The Morgan fingerprint density at radius 1 is 1.04 bits per heavy atom. The first kappa shape index (κ1) is 13.9. The van der Waals surface area contributed by atoms with Gasteiger partial charge in [-0.15, -0.1) is 0 Å². The summed E-state index contributed by atoms with van der Waals surface area (Å²) in [4.78, 5) is 9.15. The molecule has 0 unspecified atom stereocenters. The SMILES string of the molecule is Nc1cccc(-n2cc(-c3cnc4cccc(Br)c4n3)cn2)c1. The van der Waals surface area contributed by atoms with Crippen LogP contribution in [0.2, 0.25) is 0 Å². The summed E-state index contributed by atoms with van der Waals surface area (Å²) in [6.45, 7) is 0. The second-order valence-electron chi connectivity index (χ2n) is 5.13. The van der Waals surface area contributed by atoms with Crippen LogP contribution in [0.25, 0.3) is 28.0 Å². The number of rotatable bonds is 2. The van der Waals surface area contributed by atoms with Gasteiger partial charge in [0.2, 0.25) is 0 Å². The van der Waals surface area contributed by atoms with Crippen molar-refractivity contribution in [1.29, 1.82) is 0 Å². The van der Waals surface area contributed by atoms with E-state index in [0.29, 0.717) is 5.69 Å². The zero-order chi connectivity index (χ0) is 15.8. The van der Waals surface area contributed by atoms with Gasteiger partial charge < -0.3 is 5.73 Å². The lowest BCUT2D eigenvalue weighted by molar-refractivity contribution is 0.881. The molecule has 2 N–H and O–H groups in total. The van der Waals surface area contributed by atoms with Gasteiger partial charge in [-0.2, -0.15) is 5.10 Å². The third-order valence-corrected chi connectivity index (χ3v) is 4.18. The third kappa shape index (κ3) is 2.57. The molecule has 5 nitrogen and oxygen atoms in total. The summed E-state index contributed by atoms with van der Waals surface area (Å²) < 4.78 is 2.70. The van der Waals surface area contributed by atoms with Gasteiger partial charge in [-0.25, -0.2) is 9.67 Å². The fourth-order valence-electron chi connectivity index (χ4n) is 2.40. The first-order valence-corrected chi connectivity index (χ1v) is 7.82. The van der Waals surface area contributed by atoms with Crippen molar-refractivity contribution < 1.29 is 0 Å². The molecule has 0 saturated heterocycles. The Labute approximate surface area is 140 Å². The van der Waals surface area contributed by atoms with Crippen LogP contribution < -0.4 is 5.73 Å². The van der Waals surface area contributed by atoms with Gasteiger partial charge in [0.15, 0.2) is 0 Å². The Bertz CT molecular complexity index is 1010. The monoisotopic (exact) mass is 365 g/mol. The summed E-state index contributed by atoms with van der Waals surface area (Å²) in [5, 5.41) is 4.39. The number of para-hydroxylation sites is 1. The zero-order valence-corrected chi connectivity index (χ0v) is 13.6. The Kier molecular flexibility index (Phi) is 3.31. The normalized spacial score (nSPS) is 11.0. The van der Waals surface area contributed by atoms with Crippen LogP contribution in [0, 0.1) is 0 Å². The molecule has 2 aromatic heterocycles. The maximum absolute atomic E-state index is 5.82. The minimum absolute atomic E-state index is 0.703. The highest BCUT2D eigenvalue weighted by atomic mass is 79.9. The van der Waals surface area contributed by atoms with Crippen molar-refractivity contribution >= 4 is 32.7 Å². The molecule has 4 rings (SSSR count). The Morgan fingerprint density at radius 3 is 2.78 bits per heavy atom. The van der Waals surface area contributed by atoms with Crippen LogP contribution in [0.15, 0.2) is 65.5 Å². The predicted octanol–water partition coefficient (Wildman–Crippen LogP) is 3.83. The number of fused-ring (bicyclic) bond motifs is 1. The van der Waals surface area contributed by atoms with Gasteiger partial charge in [0, 0.05) is 21.9 Å². The molecule has 0 amide bonds. The zero-order valence-electron chi connectivity index (χ0n) is 12.0. The van der Waals surface area contributed by atoms with E-state index in [1.54, 1.807) is 17.1 Å². The Balaban J connectivity index is 1.78. The lowest BCUT2D eigenvalue weighted by Crippen LogP contribution is -1.95. The number of nitrogens with zero attached hydrogens (tertiary/aromatic N) is 4. The molecule has 0 saturated carbocycles. The summed E-state index contributed by atoms with van der Waals surface area (Å²) in [6.07, 6.45) is 5.45. The standard InChI is InChI=1S/C17H12BrN5/c18-14-5-2-6-15-17(14)22-16(9-20-15)11-8-21-23(10-11)13-4-1-3-12(19)7-13/h1-10H,19H2. The summed E-state index contributed by atoms with van der Waals surface area (Å²) in [6, 6.07) is 13.4. The average Bonchev–Trinajstić information content (AvgIpc) is 3.05. The number of benzene rings is 2. The lowest BCUT2D eigenvalue weighted by Gasteiger charge is -2.03. The first-order valence-electron chi connectivity index (χ1n) is 7.03. The molecule has 0 bridgehead atoms. The molecule has 2 heterocycles. The van der Waals surface area contributed by atoms with E-state index < -0.39 is 0 Å². The average molecular weight is 366 g/mol. The van der Waals surface area contributed by atoms with Crippen molar-refractivity contribution in [3.8, 4) is 16.9 Å². The van der Waals surface area contributed by atoms with Crippen LogP contribution >= 0.6 is 15.9 Å². The minimum atomic E-state index is 0.703. The molecule has 4 aromatic rings. The molecule has 0 aliphatic heterocycles. The largest absolute Gasteiger partial charge is 0.399 e. The number of hydrogen-bond acceptors (Lipinski definition) is 4. The molecular weight excluding hydrogens is 354 g/mol. The molecule has 0 fully saturated rings. The molecule has 0 aliphatic rings. The van der Waals surface area contributed by atoms with E-state index in [0.717, 1.165) is 32.5 Å². The third-order valence-electron chi connectivity index (χ3n) is 3.54. The molecule has 23 heavy (non-hydrogen) atoms. The maximum Gasteiger partial charge on any atom is 0.104 e. The maximum atomic E-state index is 5.82. The molecule has 2 aromatic carbocycles. The van der Waals surface area contributed by atoms with Crippen molar-refractivity contribution in [3.05, 3.63) is 65.5 Å². The highest BCUT2D eigenvalue weighted by Crippen LogP contribution is 2.24. The molecule has 0 radical (unpaired) electrons. The Hall–Kier alpha value is -2.73. The molecule has 0 atom stereocenters. The molecule has 112 valence electrons. The van der Waals surface area contributed by atoms with E-state index in [1.807, 2.05) is 48.7 Å². The first-order chi connectivity index (χ1) is 11.2. The summed E-state index contributed by atoms with van der Waals surface area (Å²) in [5.74, 6) is 0. The number of anilines is 1. The van der Waals surface area contributed by atoms with E-state index >= 15 is 0 Å². The second kappa shape index (κ2) is 5.48. The van der Waals surface area contributed by atoms with Crippen LogP contribution in [0.5, 0.6) is 0 Å². The van der Waals surface area contributed by atoms with Gasteiger partial charge >= 0.3 is 0 Å². The quantitative estimate of drug-likeness (QED) is 0.548. The van der Waals surface area contributed by atoms with Gasteiger partial charge in [-0.05, 0) is 46.3 Å². The van der Waals surface area contributed by atoms with Gasteiger partial charge in [0.05, 0.1) is 29.3 Å². The van der Waals surface area contributed by atoms with Crippen molar-refractivity contribution in [3.63, 3.8) is 0 Å². The van der Waals surface area contributed by atoms with Crippen molar-refractivity contribution in [2.75, 3.05) is 5.73 Å². The van der Waals surface area contributed by atoms with E-state index in [-0.39, 0.29) is 0 Å². The number of aromatic nitrogens is 4. The van der Waals surface area contributed by atoms with Gasteiger partial charge in [-0.1, -0.05) is 12.1 Å². The fraction of sp³-hybridized carbons (Fsp3) is 0. The lowest BCUT2D eigenvalue weighted by atomic mass is 10.2. The molecule has 0 aliphatic carbocycles. The number of nitrogen functional groups attached to an aromatic ring is 1. The Morgan fingerprint density at radius 2 is 1.91 bits per heavy atom. The van der Waals surface area contributed by atoms with Crippen molar-refractivity contribution in [1.82, 2.24) is 19.7 Å². The molecular formula is C17H12BrN5. The smallest absolute Gasteiger partial charge is 0.104 e. The van der Waals surface area contributed by atoms with Crippen LogP contribution in [-0.2, 0) is 0 Å². The highest BCUT2D eigenvalue weighted by Gasteiger charge is 2.08. The minimum Gasteiger partial charge on any atom is -0.399 e. The van der Waals surface area contributed by atoms with Crippen molar-refractivity contribution in [2.24, 2.45) is 0 Å². The van der Waals surface area contributed by atoms with Crippen LogP contribution in [-0.4, -0.2) is 19.7 Å². The van der Waals surface area contributed by atoms with Gasteiger partial charge in [-0.3, -0.25) is 4.98 Å². The van der Waals surface area contributed by atoms with E-state index in [2.05, 4.69) is 31.0 Å². The van der Waals surface area contributed by atoms with E-state index in [4.69, 9.17) is 5.73 Å². The van der Waals surface area contributed by atoms with Gasteiger partial charge in [0.25, 0.3) is 0 Å². The summed E-state index contributed by atoms with van der Waals surface area (Å²) in [5.41, 5.74) is 10.8. The number of halogens is 1. The van der Waals surface area contributed by atoms with Gasteiger partial charge in [0.1, 0.15) is 5.52 Å². The predicted molar refractivity (Wildman–Crippen MR) is 94.2 cm³/mol. The fourth-order valence-corrected chi connectivity index (χ4v) is 2.85. The van der Waals surface area contributed by atoms with Crippen molar-refractivity contribution in [2.45, 2.75) is 0 Å². The number of hydrogen-bond donors (Lipinski definition) is 1. The van der Waals surface area contributed by atoms with Crippen LogP contribution in [0.1, 0.15) is 0 Å². The van der Waals surface area contributed by atoms with E-state index in [1.165, 1.54) is 0 Å². The topological polar surface area (TPSA) is 69.6 Å². The van der Waals surface area contributed by atoms with E-state index in [9.17, 15) is 0 Å². The second-order valence-corrected chi connectivity index (χ2v) is 5.99. The summed E-state index contributed by atoms with van der Waals surface area (Å²) >= 11 is 3.52. The molecule has 6 heteroatoms. The van der Waals surface area contributed by atoms with Crippen LogP contribution in [0.4, 0.5) is 5.69 Å². The highest BCUT2D eigenvalue weighted by molar-refractivity contribution is 9.10. The number of nitrogens with two attached hydrogens (primary N) is 1. The summed E-state index contributed by atoms with van der Waals surface area (Å²) in [7, 11) is 0.